The number of ether oxygens (including phenoxy) is 1. The lowest BCUT2D eigenvalue weighted by Gasteiger charge is -2.49. The number of anilines is 1. The summed E-state index contributed by atoms with van der Waals surface area (Å²) in [4.78, 5) is 55.5. The third-order valence-electron chi connectivity index (χ3n) is 5.23. The Morgan fingerprint density at radius 3 is 2.72 bits per heavy atom. The van der Waals surface area contributed by atoms with Gasteiger partial charge in [-0.25, -0.2) is 19.3 Å². The molecule has 0 aromatic carbocycles. The van der Waals surface area contributed by atoms with Crippen LogP contribution in [0, 0.1) is 0 Å². The zero-order chi connectivity index (χ0) is 28.5. The molecule has 3 amide bonds. The predicted octanol–water partition coefficient (Wildman–Crippen LogP) is 2.12. The molecule has 0 spiro atoms. The van der Waals surface area contributed by atoms with E-state index in [4.69, 9.17) is 16.3 Å². The Bertz CT molecular complexity index is 1380. The van der Waals surface area contributed by atoms with Gasteiger partial charge in [-0.3, -0.25) is 19.8 Å². The zero-order valence-corrected chi connectivity index (χ0v) is 24.2. The molecular weight excluding hydrogens is 592 g/mol. The highest BCUT2D eigenvalue weighted by Crippen LogP contribution is 2.41. The summed E-state index contributed by atoms with van der Waals surface area (Å²) in [6.45, 7) is 5.16. The first-order chi connectivity index (χ1) is 18.4. The Kier molecular flexibility index (Phi) is 8.53. The quantitative estimate of drug-likeness (QED) is 0.224. The molecule has 1 saturated heterocycles. The number of thiazole rings is 1. The number of nitrogens with zero attached hydrogens (tertiary/aromatic N) is 6. The number of carbonyl (C=O) groups is 4. The normalized spacial score (nSPS) is 19.4. The summed E-state index contributed by atoms with van der Waals surface area (Å²) < 4.78 is 6.65. The number of β-lactam (4-membered cyclic amide) rings is 1. The fourth-order valence-electron chi connectivity index (χ4n) is 3.58. The van der Waals surface area contributed by atoms with Crippen molar-refractivity contribution in [1.29, 1.82) is 0 Å². The maximum Gasteiger partial charge on any atom is 0.413 e. The number of aromatic nitrogens is 5. The average Bonchev–Trinajstić information content (AvgIpc) is 3.48. The summed E-state index contributed by atoms with van der Waals surface area (Å²) in [5.74, 6) is -1.85. The Hall–Kier alpha value is -3.15. The van der Waals surface area contributed by atoms with Crippen molar-refractivity contribution in [3.63, 3.8) is 0 Å². The molecule has 0 saturated carbocycles. The third-order valence-corrected chi connectivity index (χ3v) is 8.65. The highest BCUT2D eigenvalue weighted by Gasteiger charge is 2.54. The molecule has 2 atom stereocenters. The minimum absolute atomic E-state index is 0.0272. The van der Waals surface area contributed by atoms with Crippen LogP contribution in [0.3, 0.4) is 0 Å². The van der Waals surface area contributed by atoms with Crippen LogP contribution < -0.4 is 10.6 Å². The molecule has 208 valence electrons. The van der Waals surface area contributed by atoms with Gasteiger partial charge in [-0.1, -0.05) is 23.4 Å². The number of carboxylic acids is 1. The number of hydrogen-bond donors (Lipinski definition) is 3. The number of nitrogens with one attached hydrogen (secondary N) is 2. The van der Waals surface area contributed by atoms with E-state index in [0.717, 1.165) is 16.9 Å². The van der Waals surface area contributed by atoms with Crippen LogP contribution in [0.1, 0.15) is 26.5 Å². The SMILES string of the molecule is Cn1nnnc1SCC1=C(C(=O)O)N2C(=O)C(NC(=O)C(=CCl)c3csc(NC(=O)OC(C)(C)C)n3)[C@@H]2SC1. The highest BCUT2D eigenvalue weighted by molar-refractivity contribution is 8.01. The van der Waals surface area contributed by atoms with E-state index in [-0.39, 0.29) is 27.8 Å². The monoisotopic (exact) mass is 614 g/mol. The Morgan fingerprint density at radius 2 is 2.10 bits per heavy atom. The fourth-order valence-corrected chi connectivity index (χ4v) is 6.82. The highest BCUT2D eigenvalue weighted by atomic mass is 35.5. The first kappa shape index (κ1) is 28.8. The van der Waals surface area contributed by atoms with Gasteiger partial charge in [0.1, 0.15) is 22.7 Å². The number of amides is 3. The molecule has 3 N–H and O–H groups in total. The van der Waals surface area contributed by atoms with E-state index < -0.39 is 40.9 Å². The number of halogens is 1. The van der Waals surface area contributed by atoms with Crippen LogP contribution >= 0.6 is 46.5 Å². The molecule has 2 aliphatic rings. The Morgan fingerprint density at radius 1 is 1.36 bits per heavy atom. The first-order valence-corrected chi connectivity index (χ1v) is 14.6. The van der Waals surface area contributed by atoms with Crippen LogP contribution in [0.5, 0.6) is 0 Å². The third kappa shape index (κ3) is 6.37. The van der Waals surface area contributed by atoms with Crippen molar-refractivity contribution >= 4 is 81.0 Å². The van der Waals surface area contributed by atoms with Gasteiger partial charge in [-0.05, 0) is 36.8 Å². The van der Waals surface area contributed by atoms with Crippen molar-refractivity contribution in [1.82, 2.24) is 35.4 Å². The smallest absolute Gasteiger partial charge is 0.413 e. The molecule has 18 heteroatoms. The summed E-state index contributed by atoms with van der Waals surface area (Å²) in [5, 5.41) is 27.8. The van der Waals surface area contributed by atoms with E-state index in [1.165, 1.54) is 38.5 Å². The second-order valence-corrected chi connectivity index (χ2v) is 12.3. The molecule has 1 fully saturated rings. The van der Waals surface area contributed by atoms with Crippen molar-refractivity contribution < 1.29 is 29.0 Å². The lowest BCUT2D eigenvalue weighted by atomic mass is 10.0. The van der Waals surface area contributed by atoms with Gasteiger partial charge in [0.2, 0.25) is 5.16 Å². The van der Waals surface area contributed by atoms with Crippen molar-refractivity contribution in [2.75, 3.05) is 16.8 Å². The van der Waals surface area contributed by atoms with Gasteiger partial charge < -0.3 is 15.2 Å². The summed E-state index contributed by atoms with van der Waals surface area (Å²) in [6, 6.07) is -0.960. The average molecular weight is 615 g/mol. The number of hydrogen-bond acceptors (Lipinski definition) is 12. The number of rotatable bonds is 8. The maximum absolute atomic E-state index is 13.0. The number of tetrazole rings is 1. The minimum atomic E-state index is -1.24. The molecule has 14 nitrogen and oxygen atoms in total. The van der Waals surface area contributed by atoms with Crippen LogP contribution in [-0.4, -0.2) is 87.6 Å². The van der Waals surface area contributed by atoms with Gasteiger partial charge in [0.05, 0.1) is 11.3 Å². The van der Waals surface area contributed by atoms with Gasteiger partial charge >= 0.3 is 12.1 Å². The van der Waals surface area contributed by atoms with Crippen LogP contribution in [0.15, 0.2) is 27.3 Å². The van der Waals surface area contributed by atoms with E-state index in [9.17, 15) is 24.3 Å². The molecular formula is C21H23ClN8O6S3. The number of aryl methyl sites for hydroxylation is 1. The maximum atomic E-state index is 13.0. The van der Waals surface area contributed by atoms with E-state index >= 15 is 0 Å². The van der Waals surface area contributed by atoms with Crippen molar-refractivity contribution in [3.8, 4) is 0 Å². The van der Waals surface area contributed by atoms with Crippen LogP contribution in [0.2, 0.25) is 0 Å². The standard InChI is InChI=1S/C21H23ClN8O6S3/c1-21(2,3)36-20(35)25-18-23-11(8-38-18)10(5-22)14(31)24-12-15(32)30-13(17(33)34)9(6-37-16(12)30)7-39-19-26-27-28-29(19)4/h5,8,12,16H,6-7H2,1-4H3,(H,24,31)(H,33,34)(H,23,25,35)/t12?,16-/m0/s1. The van der Waals surface area contributed by atoms with Gasteiger partial charge in [0, 0.05) is 29.5 Å². The Balaban J connectivity index is 1.42. The summed E-state index contributed by atoms with van der Waals surface area (Å²) in [7, 11) is 1.67. The minimum Gasteiger partial charge on any atom is -0.477 e. The van der Waals surface area contributed by atoms with E-state index in [1.807, 2.05) is 0 Å². The van der Waals surface area contributed by atoms with Gasteiger partial charge in [0.25, 0.3) is 11.8 Å². The largest absolute Gasteiger partial charge is 0.477 e. The topological polar surface area (TPSA) is 182 Å². The summed E-state index contributed by atoms with van der Waals surface area (Å²) >= 11 is 9.57. The molecule has 0 radical (unpaired) electrons. The summed E-state index contributed by atoms with van der Waals surface area (Å²) in [5.41, 5.74) is 0.915. The van der Waals surface area contributed by atoms with Gasteiger partial charge in [-0.15, -0.1) is 28.2 Å². The lowest BCUT2D eigenvalue weighted by Crippen LogP contribution is -2.70. The lowest BCUT2D eigenvalue weighted by molar-refractivity contribution is -0.150. The second-order valence-electron chi connectivity index (χ2n) is 9.18. The second kappa shape index (κ2) is 11.5. The van der Waals surface area contributed by atoms with Gasteiger partial charge in [0.15, 0.2) is 5.13 Å². The molecule has 39 heavy (non-hydrogen) atoms. The zero-order valence-electron chi connectivity index (χ0n) is 21.0. The number of fused-ring (bicyclic) bond motifs is 1. The molecule has 2 aliphatic heterocycles. The number of aliphatic carboxylic acids is 1. The first-order valence-electron chi connectivity index (χ1n) is 11.2. The number of thioether (sulfide) groups is 2. The fraction of sp³-hybridized carbons (Fsp3) is 0.429. The molecule has 4 heterocycles. The Labute approximate surface area is 239 Å². The summed E-state index contributed by atoms with van der Waals surface area (Å²) in [6.07, 6.45) is -0.702. The van der Waals surface area contributed by atoms with Crippen LogP contribution in [-0.2, 0) is 26.2 Å². The molecule has 1 unspecified atom stereocenters. The van der Waals surface area contributed by atoms with Crippen molar-refractivity contribution in [2.24, 2.45) is 7.05 Å². The molecule has 4 rings (SSSR count). The predicted molar refractivity (Wildman–Crippen MR) is 145 cm³/mol. The molecule has 2 aromatic rings. The van der Waals surface area contributed by atoms with E-state index in [1.54, 1.807) is 27.8 Å². The van der Waals surface area contributed by atoms with Crippen LogP contribution in [0.25, 0.3) is 5.57 Å². The van der Waals surface area contributed by atoms with E-state index in [0.29, 0.717) is 16.5 Å². The molecule has 2 aromatic heterocycles. The van der Waals surface area contributed by atoms with Crippen molar-refractivity contribution in [2.45, 2.75) is 42.9 Å². The van der Waals surface area contributed by atoms with E-state index in [2.05, 4.69) is 31.1 Å². The van der Waals surface area contributed by atoms with Crippen LogP contribution in [0.4, 0.5) is 9.93 Å². The number of carbonyl (C=O) groups excluding carboxylic acids is 3. The molecule has 0 aliphatic carbocycles. The van der Waals surface area contributed by atoms with Gasteiger partial charge in [-0.2, -0.15) is 0 Å². The molecule has 0 bridgehead atoms. The number of carboxylic acid groups (broad SMARTS) is 1. The van der Waals surface area contributed by atoms with Crippen molar-refractivity contribution in [3.05, 3.63) is 27.9 Å².